The molecule has 1 aromatic rings. The Labute approximate surface area is 118 Å². The van der Waals surface area contributed by atoms with Crippen LogP contribution >= 0.6 is 0 Å². The van der Waals surface area contributed by atoms with Crippen LogP contribution in [0.3, 0.4) is 0 Å². The van der Waals surface area contributed by atoms with Gasteiger partial charge in [-0.05, 0) is 18.9 Å². The molecule has 4 nitrogen and oxygen atoms in total. The molecule has 0 aromatic carbocycles. The topological polar surface area (TPSA) is 76.2 Å². The lowest BCUT2D eigenvalue weighted by atomic mass is 9.84. The first-order valence-corrected chi connectivity index (χ1v) is 6.41. The van der Waals surface area contributed by atoms with E-state index in [1.54, 1.807) is 0 Å². The van der Waals surface area contributed by atoms with Gasteiger partial charge < -0.3 is 10.8 Å². The minimum atomic E-state index is -3.02. The zero-order valence-electron chi connectivity index (χ0n) is 11.0. The van der Waals surface area contributed by atoms with E-state index in [1.807, 2.05) is 0 Å². The van der Waals surface area contributed by atoms with Crippen molar-refractivity contribution in [2.45, 2.75) is 43.9 Å². The molecule has 0 atom stereocenters. The molecule has 116 valence electrons. The fourth-order valence-electron chi connectivity index (χ4n) is 2.56. The van der Waals surface area contributed by atoms with Crippen molar-refractivity contribution in [2.24, 2.45) is 0 Å². The van der Waals surface area contributed by atoms with Gasteiger partial charge in [0.15, 0.2) is 0 Å². The monoisotopic (exact) mass is 306 g/mol. The van der Waals surface area contributed by atoms with Crippen molar-refractivity contribution in [2.75, 3.05) is 5.73 Å². The van der Waals surface area contributed by atoms with Crippen molar-refractivity contribution in [1.29, 1.82) is 0 Å². The highest BCUT2D eigenvalue weighted by Gasteiger charge is 2.36. The molecule has 1 aliphatic rings. The van der Waals surface area contributed by atoms with E-state index in [1.165, 1.54) is 0 Å². The Hall–Kier alpha value is -1.86. The Morgan fingerprint density at radius 3 is 2.43 bits per heavy atom. The van der Waals surface area contributed by atoms with Crippen molar-refractivity contribution in [3.63, 3.8) is 0 Å². The first kappa shape index (κ1) is 15.5. The van der Waals surface area contributed by atoms with Crippen LogP contribution in [0.4, 0.5) is 23.4 Å². The van der Waals surface area contributed by atoms with E-state index < -0.39 is 41.2 Å². The van der Waals surface area contributed by atoms with E-state index >= 15 is 0 Å². The van der Waals surface area contributed by atoms with Crippen molar-refractivity contribution >= 4 is 11.8 Å². The number of nitrogens with zero attached hydrogens (tertiary/aromatic N) is 1. The summed E-state index contributed by atoms with van der Waals surface area (Å²) in [5.41, 5.74) is 4.16. The molecule has 1 saturated carbocycles. The highest BCUT2D eigenvalue weighted by molar-refractivity contribution is 5.94. The van der Waals surface area contributed by atoms with Crippen molar-refractivity contribution in [3.05, 3.63) is 22.9 Å². The number of carboxylic acids is 1. The summed E-state index contributed by atoms with van der Waals surface area (Å²) in [6.07, 6.45) is -3.50. The third-order valence-electron chi connectivity index (χ3n) is 3.68. The van der Waals surface area contributed by atoms with Crippen LogP contribution in [0, 0.1) is 0 Å². The number of hydrogen-bond acceptors (Lipinski definition) is 3. The van der Waals surface area contributed by atoms with Gasteiger partial charge in [0.2, 0.25) is 5.92 Å². The average Bonchev–Trinajstić information content (AvgIpc) is 2.37. The highest BCUT2D eigenvalue weighted by Crippen LogP contribution is 2.41. The van der Waals surface area contributed by atoms with E-state index in [4.69, 9.17) is 10.8 Å². The summed E-state index contributed by atoms with van der Waals surface area (Å²) in [5.74, 6) is -5.24. The van der Waals surface area contributed by atoms with Gasteiger partial charge in [-0.15, -0.1) is 0 Å². The van der Waals surface area contributed by atoms with Crippen LogP contribution in [0.1, 0.15) is 59.6 Å². The second kappa shape index (κ2) is 5.50. The Balaban J connectivity index is 2.36. The number of carbonyl (C=O) groups is 1. The zero-order chi connectivity index (χ0) is 15.8. The molecule has 0 spiro atoms. The maximum Gasteiger partial charge on any atom is 0.339 e. The largest absolute Gasteiger partial charge is 0.478 e. The number of hydrogen-bond donors (Lipinski definition) is 2. The third-order valence-corrected chi connectivity index (χ3v) is 3.68. The summed E-state index contributed by atoms with van der Waals surface area (Å²) >= 11 is 0. The van der Waals surface area contributed by atoms with E-state index in [0.717, 1.165) is 6.07 Å². The van der Waals surface area contributed by atoms with E-state index in [0.29, 0.717) is 0 Å². The number of anilines is 1. The number of aromatic nitrogens is 1. The second-order valence-corrected chi connectivity index (χ2v) is 5.13. The molecule has 0 unspecified atom stereocenters. The lowest BCUT2D eigenvalue weighted by Gasteiger charge is -2.28. The summed E-state index contributed by atoms with van der Waals surface area (Å²) in [6.45, 7) is 0. The van der Waals surface area contributed by atoms with Gasteiger partial charge in [-0.2, -0.15) is 0 Å². The van der Waals surface area contributed by atoms with Gasteiger partial charge in [0, 0.05) is 30.0 Å². The van der Waals surface area contributed by atoms with Crippen molar-refractivity contribution in [3.8, 4) is 0 Å². The molecule has 0 radical (unpaired) electrons. The summed E-state index contributed by atoms with van der Waals surface area (Å²) < 4.78 is 52.2. The van der Waals surface area contributed by atoms with E-state index in [2.05, 4.69) is 4.98 Å². The van der Waals surface area contributed by atoms with Gasteiger partial charge in [-0.3, -0.25) is 0 Å². The lowest BCUT2D eigenvalue weighted by molar-refractivity contribution is -0.0385. The maximum absolute atomic E-state index is 13.1. The molecular formula is C13H14F4N2O2. The van der Waals surface area contributed by atoms with Gasteiger partial charge in [0.1, 0.15) is 11.4 Å². The molecular weight excluding hydrogens is 292 g/mol. The molecule has 0 aliphatic heterocycles. The average molecular weight is 306 g/mol. The van der Waals surface area contributed by atoms with Crippen molar-refractivity contribution < 1.29 is 27.5 Å². The molecule has 1 aliphatic carbocycles. The minimum Gasteiger partial charge on any atom is -0.478 e. The SMILES string of the molecule is Nc1nc(C2CCC(F)(F)CC2)cc(C(F)F)c1C(=O)O. The molecule has 1 aromatic heterocycles. The van der Waals surface area contributed by atoms with Crippen LogP contribution in [-0.4, -0.2) is 22.0 Å². The standard InChI is InChI=1S/C13H14F4N2O2/c14-10(15)7-5-8(19-11(18)9(7)12(20)21)6-1-3-13(16,17)4-2-6/h5-6,10H,1-4H2,(H2,18,19)(H,20,21). The molecule has 0 saturated heterocycles. The predicted molar refractivity (Wildman–Crippen MR) is 66.7 cm³/mol. The highest BCUT2D eigenvalue weighted by atomic mass is 19.3. The number of carboxylic acid groups (broad SMARTS) is 1. The minimum absolute atomic E-state index is 0.106. The molecule has 21 heavy (non-hydrogen) atoms. The van der Waals surface area contributed by atoms with Gasteiger partial charge in [-0.25, -0.2) is 27.3 Å². The van der Waals surface area contributed by atoms with E-state index in [9.17, 15) is 22.4 Å². The number of alkyl halides is 4. The van der Waals surface area contributed by atoms with E-state index in [-0.39, 0.29) is 31.4 Å². The summed E-state index contributed by atoms with van der Waals surface area (Å²) in [6, 6.07) is 0.971. The zero-order valence-corrected chi connectivity index (χ0v) is 11.0. The lowest BCUT2D eigenvalue weighted by Crippen LogP contribution is -2.24. The van der Waals surface area contributed by atoms with Crippen LogP contribution in [0.5, 0.6) is 0 Å². The van der Waals surface area contributed by atoms with Crippen LogP contribution in [0.2, 0.25) is 0 Å². The molecule has 0 bridgehead atoms. The third kappa shape index (κ3) is 3.25. The molecule has 2 rings (SSSR count). The van der Waals surface area contributed by atoms with Crippen LogP contribution in [-0.2, 0) is 0 Å². The molecule has 0 amide bonds. The predicted octanol–water partition coefficient (Wildman–Crippen LogP) is 3.59. The smallest absolute Gasteiger partial charge is 0.339 e. The first-order chi connectivity index (χ1) is 9.71. The molecule has 3 N–H and O–H groups in total. The number of nitrogens with two attached hydrogens (primary N) is 1. The summed E-state index contributed by atoms with van der Waals surface area (Å²) in [7, 11) is 0. The number of rotatable bonds is 3. The Morgan fingerprint density at radius 2 is 1.95 bits per heavy atom. The van der Waals surface area contributed by atoms with Crippen LogP contribution < -0.4 is 5.73 Å². The quantitative estimate of drug-likeness (QED) is 0.837. The van der Waals surface area contributed by atoms with Gasteiger partial charge >= 0.3 is 5.97 Å². The molecule has 1 heterocycles. The Kier molecular flexibility index (Phi) is 4.06. The Morgan fingerprint density at radius 1 is 1.38 bits per heavy atom. The number of nitrogen functional groups attached to an aromatic ring is 1. The fraction of sp³-hybridized carbons (Fsp3) is 0.538. The summed E-state index contributed by atoms with van der Waals surface area (Å²) in [4.78, 5) is 14.8. The van der Waals surface area contributed by atoms with Gasteiger partial charge in [-0.1, -0.05) is 0 Å². The second-order valence-electron chi connectivity index (χ2n) is 5.13. The number of pyridine rings is 1. The van der Waals surface area contributed by atoms with Crippen molar-refractivity contribution in [1.82, 2.24) is 4.98 Å². The molecule has 1 fully saturated rings. The van der Waals surface area contributed by atoms with Gasteiger partial charge in [0.05, 0.1) is 0 Å². The molecule has 8 heteroatoms. The van der Waals surface area contributed by atoms with Crippen LogP contribution in [0.15, 0.2) is 6.07 Å². The number of halogens is 4. The summed E-state index contributed by atoms with van der Waals surface area (Å²) in [5, 5.41) is 8.91. The Bertz CT molecular complexity index is 553. The van der Waals surface area contributed by atoms with Crippen LogP contribution in [0.25, 0.3) is 0 Å². The first-order valence-electron chi connectivity index (χ1n) is 6.41. The maximum atomic E-state index is 13.1. The normalized spacial score (nSPS) is 18.9. The fourth-order valence-corrected chi connectivity index (χ4v) is 2.56. The number of aromatic carboxylic acids is 1. The van der Waals surface area contributed by atoms with Gasteiger partial charge in [0.25, 0.3) is 6.43 Å².